The summed E-state index contributed by atoms with van der Waals surface area (Å²) in [6, 6.07) is 23.8. The fourth-order valence-electron chi connectivity index (χ4n) is 4.75. The van der Waals surface area contributed by atoms with E-state index in [2.05, 4.69) is 71.6 Å². The van der Waals surface area contributed by atoms with Gasteiger partial charge in [0.1, 0.15) is 0 Å². The third-order valence-electron chi connectivity index (χ3n) is 6.14. The molecule has 5 heteroatoms. The summed E-state index contributed by atoms with van der Waals surface area (Å²) >= 11 is 0. The Morgan fingerprint density at radius 2 is 1.67 bits per heavy atom. The van der Waals surface area contributed by atoms with Gasteiger partial charge in [0.25, 0.3) is 0 Å². The van der Waals surface area contributed by atoms with Crippen LogP contribution in [0.25, 0.3) is 10.8 Å². The molecule has 158 valence electrons. The van der Waals surface area contributed by atoms with Gasteiger partial charge >= 0.3 is 0 Å². The van der Waals surface area contributed by atoms with Crippen molar-refractivity contribution in [2.75, 3.05) is 11.0 Å². The lowest BCUT2D eigenvalue weighted by molar-refractivity contribution is 0.319. The molecule has 3 aromatic rings. The van der Waals surface area contributed by atoms with Crippen molar-refractivity contribution in [2.45, 2.75) is 50.6 Å². The van der Waals surface area contributed by atoms with Crippen LogP contribution >= 0.6 is 0 Å². The van der Waals surface area contributed by atoms with Crippen molar-refractivity contribution in [1.82, 2.24) is 5.32 Å². The minimum Gasteiger partial charge on any atom is -0.307 e. The summed E-state index contributed by atoms with van der Waals surface area (Å²) in [5.41, 5.74) is 3.26. The number of hydrogen-bond acceptors (Lipinski definition) is 3. The van der Waals surface area contributed by atoms with Crippen molar-refractivity contribution in [3.63, 3.8) is 0 Å². The first kappa shape index (κ1) is 20.9. The van der Waals surface area contributed by atoms with E-state index in [1.165, 1.54) is 47.4 Å². The summed E-state index contributed by atoms with van der Waals surface area (Å²) in [6.07, 6.45) is 5.86. The number of anilines is 1. The van der Waals surface area contributed by atoms with E-state index in [-0.39, 0.29) is 0 Å². The SMILES string of the molecule is C[C@@H](NC1CCCC(c2ccc(NS(C)(=O)=O)cc2)C1)c1cccc2ccccc12. The number of sulfonamides is 1. The predicted molar refractivity (Wildman–Crippen MR) is 125 cm³/mol. The van der Waals surface area contributed by atoms with Gasteiger partial charge in [0.15, 0.2) is 0 Å². The molecule has 0 heterocycles. The number of fused-ring (bicyclic) bond motifs is 1. The fraction of sp³-hybridized carbons (Fsp3) is 0.360. The molecule has 0 radical (unpaired) electrons. The van der Waals surface area contributed by atoms with Gasteiger partial charge in [0, 0.05) is 17.8 Å². The van der Waals surface area contributed by atoms with Crippen LogP contribution in [0.1, 0.15) is 55.7 Å². The maximum absolute atomic E-state index is 11.4. The van der Waals surface area contributed by atoms with Crippen molar-refractivity contribution in [2.24, 2.45) is 0 Å². The molecule has 0 saturated heterocycles. The lowest BCUT2D eigenvalue weighted by Crippen LogP contribution is -2.35. The molecule has 3 aromatic carbocycles. The summed E-state index contributed by atoms with van der Waals surface area (Å²) in [6.45, 7) is 2.26. The monoisotopic (exact) mass is 422 g/mol. The molecule has 1 aliphatic carbocycles. The summed E-state index contributed by atoms with van der Waals surface area (Å²) in [4.78, 5) is 0. The van der Waals surface area contributed by atoms with E-state index >= 15 is 0 Å². The summed E-state index contributed by atoms with van der Waals surface area (Å²) in [5.74, 6) is 0.503. The minimum atomic E-state index is -3.24. The second kappa shape index (κ2) is 8.78. The Labute approximate surface area is 179 Å². The number of hydrogen-bond donors (Lipinski definition) is 2. The predicted octanol–water partition coefficient (Wildman–Crippen LogP) is 5.59. The molecule has 1 saturated carbocycles. The third kappa shape index (κ3) is 5.02. The zero-order chi connectivity index (χ0) is 21.1. The van der Waals surface area contributed by atoms with Crippen LogP contribution in [0.2, 0.25) is 0 Å². The third-order valence-corrected chi connectivity index (χ3v) is 6.74. The number of rotatable bonds is 6. The average molecular weight is 423 g/mol. The van der Waals surface area contributed by atoms with Gasteiger partial charge in [-0.1, -0.05) is 61.0 Å². The van der Waals surface area contributed by atoms with Crippen LogP contribution in [0.4, 0.5) is 5.69 Å². The van der Waals surface area contributed by atoms with Gasteiger partial charge in [-0.25, -0.2) is 8.42 Å². The molecule has 30 heavy (non-hydrogen) atoms. The van der Waals surface area contributed by atoms with Crippen molar-refractivity contribution in [3.8, 4) is 0 Å². The van der Waals surface area contributed by atoms with Crippen LogP contribution in [-0.4, -0.2) is 20.7 Å². The second-order valence-corrected chi connectivity index (χ2v) is 10.3. The molecule has 1 aliphatic rings. The lowest BCUT2D eigenvalue weighted by Gasteiger charge is -2.32. The Balaban J connectivity index is 1.44. The molecular weight excluding hydrogens is 392 g/mol. The summed E-state index contributed by atoms with van der Waals surface area (Å²) in [7, 11) is -3.24. The maximum atomic E-state index is 11.4. The van der Waals surface area contributed by atoms with E-state index < -0.39 is 10.0 Å². The second-order valence-electron chi connectivity index (χ2n) is 8.51. The first-order chi connectivity index (χ1) is 14.4. The van der Waals surface area contributed by atoms with Crippen LogP contribution in [-0.2, 0) is 10.0 Å². The first-order valence-corrected chi connectivity index (χ1v) is 12.6. The summed E-state index contributed by atoms with van der Waals surface area (Å²) < 4.78 is 25.4. The van der Waals surface area contributed by atoms with Crippen molar-refractivity contribution >= 4 is 26.5 Å². The van der Waals surface area contributed by atoms with E-state index in [4.69, 9.17) is 0 Å². The maximum Gasteiger partial charge on any atom is 0.229 e. The normalized spacial score (nSPS) is 20.7. The molecule has 2 N–H and O–H groups in total. The molecule has 0 aromatic heterocycles. The molecule has 0 spiro atoms. The number of benzene rings is 3. The first-order valence-electron chi connectivity index (χ1n) is 10.7. The van der Waals surface area contributed by atoms with Crippen LogP contribution in [0.3, 0.4) is 0 Å². The van der Waals surface area contributed by atoms with Gasteiger partial charge in [-0.3, -0.25) is 4.72 Å². The molecule has 4 nitrogen and oxygen atoms in total. The molecule has 0 bridgehead atoms. The van der Waals surface area contributed by atoms with Gasteiger partial charge in [-0.05, 0) is 66.1 Å². The van der Waals surface area contributed by atoms with E-state index in [0.29, 0.717) is 23.7 Å². The smallest absolute Gasteiger partial charge is 0.229 e. The highest BCUT2D eigenvalue weighted by atomic mass is 32.2. The van der Waals surface area contributed by atoms with Crippen LogP contribution in [0, 0.1) is 0 Å². The van der Waals surface area contributed by atoms with E-state index in [1.807, 2.05) is 12.1 Å². The lowest BCUT2D eigenvalue weighted by atomic mass is 9.81. The average Bonchev–Trinajstić information content (AvgIpc) is 2.73. The van der Waals surface area contributed by atoms with E-state index in [0.717, 1.165) is 6.42 Å². The molecule has 2 unspecified atom stereocenters. The highest BCUT2D eigenvalue weighted by Gasteiger charge is 2.25. The number of nitrogens with one attached hydrogen (secondary N) is 2. The molecular formula is C25H30N2O2S. The van der Waals surface area contributed by atoms with Crippen LogP contribution in [0.15, 0.2) is 66.7 Å². The van der Waals surface area contributed by atoms with Crippen molar-refractivity contribution in [1.29, 1.82) is 0 Å². The minimum absolute atomic E-state index is 0.293. The molecule has 4 rings (SSSR count). The molecule has 0 aliphatic heterocycles. The summed E-state index contributed by atoms with van der Waals surface area (Å²) in [5, 5.41) is 6.48. The Morgan fingerprint density at radius 3 is 2.43 bits per heavy atom. The van der Waals surface area contributed by atoms with Gasteiger partial charge in [-0.2, -0.15) is 0 Å². The Kier molecular flexibility index (Phi) is 6.11. The molecule has 0 amide bonds. The van der Waals surface area contributed by atoms with Crippen LogP contribution in [0.5, 0.6) is 0 Å². The largest absolute Gasteiger partial charge is 0.307 e. The topological polar surface area (TPSA) is 58.2 Å². The van der Waals surface area contributed by atoms with Crippen LogP contribution < -0.4 is 10.0 Å². The van der Waals surface area contributed by atoms with Gasteiger partial charge in [0.2, 0.25) is 10.0 Å². The molecule has 1 fully saturated rings. The van der Waals surface area contributed by atoms with Crippen molar-refractivity contribution in [3.05, 3.63) is 77.9 Å². The van der Waals surface area contributed by atoms with Gasteiger partial charge < -0.3 is 5.32 Å². The van der Waals surface area contributed by atoms with E-state index in [1.54, 1.807) is 0 Å². The standard InChI is InChI=1S/C25H30N2O2S/c1-18(24-12-6-8-20-7-3-4-11-25(20)24)26-23-10-5-9-21(17-23)19-13-15-22(16-14-19)27-30(2,28)29/h3-4,6-8,11-16,18,21,23,26-27H,5,9-10,17H2,1-2H3/t18-,21?,23?/m1/s1. The van der Waals surface area contributed by atoms with Gasteiger partial charge in [-0.15, -0.1) is 0 Å². The van der Waals surface area contributed by atoms with Gasteiger partial charge in [0.05, 0.1) is 6.26 Å². The molecule has 3 atom stereocenters. The highest BCUT2D eigenvalue weighted by Crippen LogP contribution is 2.35. The Hall–Kier alpha value is -2.37. The zero-order valence-corrected chi connectivity index (χ0v) is 18.5. The quantitative estimate of drug-likeness (QED) is 0.544. The fourth-order valence-corrected chi connectivity index (χ4v) is 5.32. The van der Waals surface area contributed by atoms with E-state index in [9.17, 15) is 8.42 Å². The van der Waals surface area contributed by atoms with Crippen molar-refractivity contribution < 1.29 is 8.42 Å². The Bertz CT molecular complexity index is 1100. The highest BCUT2D eigenvalue weighted by molar-refractivity contribution is 7.92. The zero-order valence-electron chi connectivity index (χ0n) is 17.6. The Morgan fingerprint density at radius 1 is 0.933 bits per heavy atom.